The van der Waals surface area contributed by atoms with Gasteiger partial charge < -0.3 is 10.8 Å². The number of nitrogens with two attached hydrogens (primary N) is 1. The molecule has 2 aliphatic rings. The molecule has 2 aliphatic carbocycles. The van der Waals surface area contributed by atoms with E-state index < -0.39 is 5.60 Å². The van der Waals surface area contributed by atoms with Gasteiger partial charge in [-0.05, 0) is 36.8 Å². The number of rotatable bonds is 2. The second-order valence-corrected chi connectivity index (χ2v) is 5.47. The Bertz CT molecular complexity index is 386. The third kappa shape index (κ3) is 1.57. The maximum Gasteiger partial charge on any atom is 0.0899 e. The van der Waals surface area contributed by atoms with Crippen molar-refractivity contribution in [2.75, 3.05) is 0 Å². The minimum atomic E-state index is -0.518. The molecule has 0 aromatic heterocycles. The average Bonchev–Trinajstić information content (AvgIpc) is 2.89. The molecule has 0 heterocycles. The third-order valence-corrected chi connectivity index (χ3v) is 4.22. The topological polar surface area (TPSA) is 46.2 Å². The SMILES string of the molecule is NC1(c2ccc(C3(O)CC3)cc2)CCCC1. The van der Waals surface area contributed by atoms with Crippen molar-refractivity contribution in [3.8, 4) is 0 Å². The fourth-order valence-corrected chi connectivity index (χ4v) is 2.81. The molecule has 2 heteroatoms. The van der Waals surface area contributed by atoms with Gasteiger partial charge in [0, 0.05) is 5.54 Å². The third-order valence-electron chi connectivity index (χ3n) is 4.22. The maximum absolute atomic E-state index is 9.99. The van der Waals surface area contributed by atoms with Crippen LogP contribution in [0.4, 0.5) is 0 Å². The molecule has 1 aromatic rings. The first-order chi connectivity index (χ1) is 7.62. The smallest absolute Gasteiger partial charge is 0.0899 e. The van der Waals surface area contributed by atoms with Crippen LogP contribution in [0, 0.1) is 0 Å². The van der Waals surface area contributed by atoms with Crippen molar-refractivity contribution < 1.29 is 5.11 Å². The Labute approximate surface area is 96.5 Å². The van der Waals surface area contributed by atoms with Gasteiger partial charge in [-0.2, -0.15) is 0 Å². The molecule has 3 N–H and O–H groups in total. The molecular formula is C14H19NO. The van der Waals surface area contributed by atoms with Crippen LogP contribution in [0.1, 0.15) is 49.7 Å². The van der Waals surface area contributed by atoms with Gasteiger partial charge in [-0.3, -0.25) is 0 Å². The molecule has 2 fully saturated rings. The minimum absolute atomic E-state index is 0.106. The second kappa shape index (κ2) is 3.31. The van der Waals surface area contributed by atoms with Crippen molar-refractivity contribution in [1.82, 2.24) is 0 Å². The lowest BCUT2D eigenvalue weighted by molar-refractivity contribution is 0.151. The lowest BCUT2D eigenvalue weighted by Gasteiger charge is -2.24. The maximum atomic E-state index is 9.99. The van der Waals surface area contributed by atoms with E-state index in [-0.39, 0.29) is 5.54 Å². The van der Waals surface area contributed by atoms with E-state index in [0.29, 0.717) is 0 Å². The molecule has 3 rings (SSSR count). The summed E-state index contributed by atoms with van der Waals surface area (Å²) >= 11 is 0. The Morgan fingerprint density at radius 3 is 1.88 bits per heavy atom. The van der Waals surface area contributed by atoms with E-state index in [1.165, 1.54) is 18.4 Å². The highest BCUT2D eigenvalue weighted by atomic mass is 16.3. The Morgan fingerprint density at radius 2 is 1.38 bits per heavy atom. The Morgan fingerprint density at radius 1 is 0.875 bits per heavy atom. The van der Waals surface area contributed by atoms with Crippen LogP contribution < -0.4 is 5.73 Å². The van der Waals surface area contributed by atoms with Crippen LogP contribution in [-0.4, -0.2) is 5.11 Å². The lowest BCUT2D eigenvalue weighted by Crippen LogP contribution is -2.33. The molecule has 0 saturated heterocycles. The molecule has 16 heavy (non-hydrogen) atoms. The van der Waals surface area contributed by atoms with Crippen molar-refractivity contribution in [3.63, 3.8) is 0 Å². The summed E-state index contributed by atoms with van der Waals surface area (Å²) in [7, 11) is 0. The summed E-state index contributed by atoms with van der Waals surface area (Å²) in [6, 6.07) is 8.32. The van der Waals surface area contributed by atoms with Gasteiger partial charge >= 0.3 is 0 Å². The fraction of sp³-hybridized carbons (Fsp3) is 0.571. The largest absolute Gasteiger partial charge is 0.385 e. The van der Waals surface area contributed by atoms with Crippen LogP contribution in [-0.2, 0) is 11.1 Å². The molecular weight excluding hydrogens is 198 g/mol. The predicted molar refractivity (Wildman–Crippen MR) is 63.9 cm³/mol. The Balaban J connectivity index is 1.87. The highest BCUT2D eigenvalue weighted by Crippen LogP contribution is 2.46. The Kier molecular flexibility index (Phi) is 2.13. The molecule has 86 valence electrons. The lowest BCUT2D eigenvalue weighted by atomic mass is 9.88. The molecule has 2 nitrogen and oxygen atoms in total. The first-order valence-corrected chi connectivity index (χ1v) is 6.25. The van der Waals surface area contributed by atoms with Gasteiger partial charge in [-0.15, -0.1) is 0 Å². The normalized spacial score (nSPS) is 25.6. The quantitative estimate of drug-likeness (QED) is 0.799. The number of aliphatic hydroxyl groups is 1. The van der Waals surface area contributed by atoms with Crippen LogP contribution in [0.25, 0.3) is 0 Å². The van der Waals surface area contributed by atoms with Crippen LogP contribution in [0.5, 0.6) is 0 Å². The van der Waals surface area contributed by atoms with Crippen molar-refractivity contribution in [1.29, 1.82) is 0 Å². The fourth-order valence-electron chi connectivity index (χ4n) is 2.81. The Hall–Kier alpha value is -0.860. The minimum Gasteiger partial charge on any atom is -0.385 e. The first kappa shape index (κ1) is 10.3. The predicted octanol–water partition coefficient (Wildman–Crippen LogP) is 2.40. The van der Waals surface area contributed by atoms with Crippen molar-refractivity contribution >= 4 is 0 Å². The first-order valence-electron chi connectivity index (χ1n) is 6.25. The summed E-state index contributed by atoms with van der Waals surface area (Å²) in [6.07, 6.45) is 6.47. The second-order valence-electron chi connectivity index (χ2n) is 5.47. The van der Waals surface area contributed by atoms with Crippen LogP contribution in [0.3, 0.4) is 0 Å². The van der Waals surface area contributed by atoms with E-state index >= 15 is 0 Å². The van der Waals surface area contributed by atoms with Gasteiger partial charge in [-0.25, -0.2) is 0 Å². The van der Waals surface area contributed by atoms with E-state index in [9.17, 15) is 5.11 Å². The molecule has 0 atom stereocenters. The van der Waals surface area contributed by atoms with Gasteiger partial charge in [0.25, 0.3) is 0 Å². The average molecular weight is 217 g/mol. The molecule has 2 saturated carbocycles. The summed E-state index contributed by atoms with van der Waals surface area (Å²) in [5, 5.41) is 9.99. The van der Waals surface area contributed by atoms with Gasteiger partial charge in [0.1, 0.15) is 0 Å². The molecule has 0 aliphatic heterocycles. The van der Waals surface area contributed by atoms with Crippen molar-refractivity contribution in [2.45, 2.75) is 49.7 Å². The molecule has 0 amide bonds. The highest BCUT2D eigenvalue weighted by Gasteiger charge is 2.42. The van der Waals surface area contributed by atoms with Gasteiger partial charge in [-0.1, -0.05) is 37.1 Å². The standard InChI is InChI=1S/C14H19NO/c15-13(7-1-2-8-13)11-3-5-12(6-4-11)14(16)9-10-14/h3-6,16H,1-2,7-10,15H2. The number of hydrogen-bond acceptors (Lipinski definition) is 2. The molecule has 0 radical (unpaired) electrons. The van der Waals surface area contributed by atoms with Crippen LogP contribution >= 0.6 is 0 Å². The zero-order chi connectivity index (χ0) is 11.2. The van der Waals surface area contributed by atoms with E-state index in [0.717, 1.165) is 31.2 Å². The van der Waals surface area contributed by atoms with Crippen LogP contribution in [0.15, 0.2) is 24.3 Å². The summed E-state index contributed by atoms with van der Waals surface area (Å²) in [4.78, 5) is 0. The molecule has 1 aromatic carbocycles. The van der Waals surface area contributed by atoms with E-state index in [1.54, 1.807) is 0 Å². The summed E-state index contributed by atoms with van der Waals surface area (Å²) < 4.78 is 0. The zero-order valence-corrected chi connectivity index (χ0v) is 9.58. The monoisotopic (exact) mass is 217 g/mol. The van der Waals surface area contributed by atoms with E-state index in [4.69, 9.17) is 5.73 Å². The van der Waals surface area contributed by atoms with Gasteiger partial charge in [0.15, 0.2) is 0 Å². The number of hydrogen-bond donors (Lipinski definition) is 2. The van der Waals surface area contributed by atoms with Crippen LogP contribution in [0.2, 0.25) is 0 Å². The van der Waals surface area contributed by atoms with E-state index in [2.05, 4.69) is 24.3 Å². The summed E-state index contributed by atoms with van der Waals surface area (Å²) in [5.41, 5.74) is 8.06. The molecule has 0 bridgehead atoms. The van der Waals surface area contributed by atoms with Crippen molar-refractivity contribution in [3.05, 3.63) is 35.4 Å². The van der Waals surface area contributed by atoms with Crippen molar-refractivity contribution in [2.24, 2.45) is 5.73 Å². The molecule has 0 unspecified atom stereocenters. The highest BCUT2D eigenvalue weighted by molar-refractivity contribution is 5.34. The van der Waals surface area contributed by atoms with E-state index in [1.807, 2.05) is 0 Å². The van der Waals surface area contributed by atoms with Gasteiger partial charge in [0.2, 0.25) is 0 Å². The summed E-state index contributed by atoms with van der Waals surface area (Å²) in [5.74, 6) is 0. The van der Waals surface area contributed by atoms with Gasteiger partial charge in [0.05, 0.1) is 5.60 Å². The number of benzene rings is 1. The zero-order valence-electron chi connectivity index (χ0n) is 9.58. The summed E-state index contributed by atoms with van der Waals surface area (Å²) in [6.45, 7) is 0. The molecule has 0 spiro atoms.